The van der Waals surface area contributed by atoms with Crippen molar-refractivity contribution in [2.75, 3.05) is 28.6 Å². The van der Waals surface area contributed by atoms with Gasteiger partial charge in [0.25, 0.3) is 0 Å². The summed E-state index contributed by atoms with van der Waals surface area (Å²) in [6.07, 6.45) is 0.802. The summed E-state index contributed by atoms with van der Waals surface area (Å²) in [7, 11) is 0. The first-order chi connectivity index (χ1) is 20.0. The van der Waals surface area contributed by atoms with Crippen LogP contribution < -0.4 is 21.4 Å². The number of hydrogen-bond donors (Lipinski definition) is 2. The third-order valence-corrected chi connectivity index (χ3v) is 7.19. The lowest BCUT2D eigenvalue weighted by molar-refractivity contribution is -0.146. The van der Waals surface area contributed by atoms with E-state index in [0.717, 1.165) is 29.9 Å². The number of hydrogen-bond acceptors (Lipinski definition) is 7. The molecule has 2 aromatic carbocycles. The molecule has 0 fully saturated rings. The van der Waals surface area contributed by atoms with Gasteiger partial charge in [-0.25, -0.2) is 9.59 Å². The lowest BCUT2D eigenvalue weighted by atomic mass is 9.92. The zero-order valence-electron chi connectivity index (χ0n) is 25.3. The minimum absolute atomic E-state index is 0.123. The second-order valence-electron chi connectivity index (χ2n) is 11.3. The Balaban J connectivity index is 1.85. The van der Waals surface area contributed by atoms with Gasteiger partial charge in [0.1, 0.15) is 0 Å². The molecule has 3 aromatic rings. The van der Waals surface area contributed by atoms with Gasteiger partial charge in [-0.2, -0.15) is 0 Å². The van der Waals surface area contributed by atoms with E-state index in [0.29, 0.717) is 35.4 Å². The Morgan fingerprint density at radius 1 is 0.952 bits per heavy atom. The van der Waals surface area contributed by atoms with E-state index in [2.05, 4.69) is 59.2 Å². The first kappa shape index (κ1) is 33.0. The van der Waals surface area contributed by atoms with Gasteiger partial charge in [0.15, 0.2) is 18.1 Å². The molecule has 0 unspecified atom stereocenters. The molecule has 2 N–H and O–H groups in total. The first-order valence-electron chi connectivity index (χ1n) is 14.4. The molecular formula is C32H42BrN3O6. The number of rotatable bonds is 14. The number of nitrogens with zero attached hydrogens (tertiary/aromatic N) is 1. The number of esters is 1. The molecule has 0 saturated heterocycles. The van der Waals surface area contributed by atoms with Crippen LogP contribution in [0.1, 0.15) is 76.0 Å². The van der Waals surface area contributed by atoms with E-state index in [1.165, 1.54) is 0 Å². The molecule has 228 valence electrons. The number of alkyl halides is 1. The number of aryl methyl sites for hydroxylation is 1. The maximum Gasteiger partial charge on any atom is 0.519 e. The molecule has 0 spiro atoms. The fourth-order valence-corrected chi connectivity index (χ4v) is 5.14. The summed E-state index contributed by atoms with van der Waals surface area (Å²) in [5.41, 5.74) is 4.31. The highest BCUT2D eigenvalue weighted by molar-refractivity contribution is 9.08. The van der Waals surface area contributed by atoms with Crippen molar-refractivity contribution in [2.45, 2.75) is 72.2 Å². The van der Waals surface area contributed by atoms with Gasteiger partial charge >= 0.3 is 17.8 Å². The van der Waals surface area contributed by atoms with Crippen molar-refractivity contribution < 1.29 is 23.2 Å². The number of amides is 2. The molecule has 3 rings (SSSR count). The smallest absolute Gasteiger partial charge is 0.457 e. The van der Waals surface area contributed by atoms with Crippen LogP contribution in [-0.2, 0) is 21.5 Å². The maximum atomic E-state index is 13.1. The average Bonchev–Trinajstić information content (AvgIpc) is 3.30. The van der Waals surface area contributed by atoms with Crippen LogP contribution in [0.3, 0.4) is 0 Å². The Hall–Kier alpha value is -3.53. The molecule has 9 nitrogen and oxygen atoms in total. The first-order valence-corrected chi connectivity index (χ1v) is 15.5. The van der Waals surface area contributed by atoms with Crippen LogP contribution in [0, 0.1) is 18.8 Å². The molecule has 0 aliphatic heterocycles. The normalized spacial score (nSPS) is 11.9. The van der Waals surface area contributed by atoms with Crippen molar-refractivity contribution in [1.82, 2.24) is 0 Å². The number of nitrogens with one attached hydrogen (secondary N) is 2. The van der Waals surface area contributed by atoms with Crippen LogP contribution in [0.5, 0.6) is 0 Å². The maximum absolute atomic E-state index is 13.1. The van der Waals surface area contributed by atoms with Crippen LogP contribution in [0.25, 0.3) is 0 Å². The molecular weight excluding hydrogens is 602 g/mol. The quantitative estimate of drug-likeness (QED) is 0.136. The van der Waals surface area contributed by atoms with E-state index in [-0.39, 0.29) is 36.1 Å². The number of benzene rings is 2. The highest BCUT2D eigenvalue weighted by Gasteiger charge is 2.22. The minimum atomic E-state index is -0.836. The summed E-state index contributed by atoms with van der Waals surface area (Å²) in [5, 5.41) is 6.26. The average molecular weight is 645 g/mol. The highest BCUT2D eigenvalue weighted by atomic mass is 79.9. The monoisotopic (exact) mass is 643 g/mol. The summed E-state index contributed by atoms with van der Waals surface area (Å²) < 4.78 is 15.3. The lowest BCUT2D eigenvalue weighted by Crippen LogP contribution is -2.32. The van der Waals surface area contributed by atoms with Crippen LogP contribution in [0.15, 0.2) is 56.1 Å². The summed E-state index contributed by atoms with van der Waals surface area (Å²) >= 11 is 3.23. The van der Waals surface area contributed by atoms with E-state index >= 15 is 0 Å². The molecule has 0 bridgehead atoms. The molecule has 1 heterocycles. The van der Waals surface area contributed by atoms with Gasteiger partial charge in [-0.15, -0.1) is 0 Å². The number of halogens is 1. The molecule has 0 aliphatic rings. The molecule has 42 heavy (non-hydrogen) atoms. The largest absolute Gasteiger partial charge is 0.519 e. The van der Waals surface area contributed by atoms with E-state index in [1.54, 1.807) is 0 Å². The Morgan fingerprint density at radius 2 is 1.60 bits per heavy atom. The lowest BCUT2D eigenvalue weighted by Gasteiger charge is -2.31. The second-order valence-corrected chi connectivity index (χ2v) is 11.9. The van der Waals surface area contributed by atoms with Gasteiger partial charge in [-0.05, 0) is 60.9 Å². The molecule has 0 radical (unpaired) electrons. The number of carbonyl (C=O) groups excluding carboxylic acids is 2. The Bertz CT molecular complexity index is 1370. The number of urea groups is 1. The molecule has 10 heteroatoms. The number of ether oxygens (including phenoxy) is 1. The van der Waals surface area contributed by atoms with Gasteiger partial charge in [0.05, 0.1) is 23.1 Å². The molecule has 1 atom stereocenters. The predicted octanol–water partition coefficient (Wildman–Crippen LogP) is 7.83. The molecule has 1 aromatic heterocycles. The number of carbonyl (C=O) groups is 2. The third kappa shape index (κ3) is 9.79. The molecule has 0 saturated carbocycles. The fourth-order valence-electron chi connectivity index (χ4n) is 4.71. The number of anilines is 3. The summed E-state index contributed by atoms with van der Waals surface area (Å²) in [6, 6.07) is 13.3. The highest BCUT2D eigenvalue weighted by Crippen LogP contribution is 2.34. The van der Waals surface area contributed by atoms with E-state index in [1.807, 2.05) is 56.3 Å². The van der Waals surface area contributed by atoms with Crippen molar-refractivity contribution in [1.29, 1.82) is 0 Å². The van der Waals surface area contributed by atoms with Crippen LogP contribution in [0.4, 0.5) is 21.9 Å². The van der Waals surface area contributed by atoms with E-state index < -0.39 is 11.8 Å². The van der Waals surface area contributed by atoms with Gasteiger partial charge in [-0.1, -0.05) is 74.3 Å². The SMILES string of the molecule is CC[C@@H](CC(=O)OCc1oc(=O)oc1CBr)c1ccc(N(CC(C)C)CC(C)C)c(NC(=O)Nc2ccc(C)cc2)c1. The van der Waals surface area contributed by atoms with Crippen molar-refractivity contribution in [2.24, 2.45) is 11.8 Å². The predicted molar refractivity (Wildman–Crippen MR) is 169 cm³/mol. The Morgan fingerprint density at radius 3 is 2.19 bits per heavy atom. The Kier molecular flexibility index (Phi) is 12.3. The van der Waals surface area contributed by atoms with E-state index in [4.69, 9.17) is 13.6 Å². The van der Waals surface area contributed by atoms with Crippen LogP contribution >= 0.6 is 15.9 Å². The second kappa shape index (κ2) is 15.6. The Labute approximate surface area is 256 Å². The standard InChI is InChI=1S/C32H42BrN3O6/c1-7-23(15-30(37)40-19-29-28(16-33)41-32(39)42-29)24-10-13-27(36(17-20(2)3)18-21(4)5)26(14-24)35-31(38)34-25-11-8-22(6)9-12-25/h8-14,20-21,23H,7,15-19H2,1-6H3,(H2,34,35,38)/t23-/m0/s1. The van der Waals surface area contributed by atoms with Gasteiger partial charge in [0, 0.05) is 18.8 Å². The third-order valence-electron chi connectivity index (χ3n) is 6.68. The van der Waals surface area contributed by atoms with Gasteiger partial charge < -0.3 is 29.1 Å². The topological polar surface area (TPSA) is 114 Å². The summed E-state index contributed by atoms with van der Waals surface area (Å²) in [6.45, 7) is 14.2. The zero-order valence-corrected chi connectivity index (χ0v) is 26.9. The van der Waals surface area contributed by atoms with Crippen molar-refractivity contribution in [3.63, 3.8) is 0 Å². The van der Waals surface area contributed by atoms with Crippen molar-refractivity contribution >= 4 is 45.0 Å². The van der Waals surface area contributed by atoms with Crippen LogP contribution in [-0.4, -0.2) is 25.1 Å². The van der Waals surface area contributed by atoms with Crippen molar-refractivity contribution in [3.05, 3.63) is 75.7 Å². The van der Waals surface area contributed by atoms with Gasteiger partial charge in [-0.3, -0.25) is 4.79 Å². The van der Waals surface area contributed by atoms with Crippen molar-refractivity contribution in [3.8, 4) is 0 Å². The fraction of sp³-hybridized carbons (Fsp3) is 0.469. The molecule has 2 amide bonds. The zero-order chi connectivity index (χ0) is 30.8. The van der Waals surface area contributed by atoms with Gasteiger partial charge in [0.2, 0.25) is 0 Å². The van der Waals surface area contributed by atoms with Crippen LogP contribution in [0.2, 0.25) is 0 Å². The van der Waals surface area contributed by atoms with E-state index in [9.17, 15) is 14.4 Å². The minimum Gasteiger partial charge on any atom is -0.457 e. The summed E-state index contributed by atoms with van der Waals surface area (Å²) in [5.74, 6) is -0.101. The summed E-state index contributed by atoms with van der Waals surface area (Å²) in [4.78, 5) is 39.6. The molecule has 0 aliphatic carbocycles.